The maximum Gasteiger partial charge on any atom is 0.224 e. The van der Waals surface area contributed by atoms with Crippen molar-refractivity contribution >= 4 is 17.7 Å². The van der Waals surface area contributed by atoms with Crippen molar-refractivity contribution in [2.45, 2.75) is 32.6 Å². The van der Waals surface area contributed by atoms with Gasteiger partial charge in [0, 0.05) is 71.6 Å². The van der Waals surface area contributed by atoms with Crippen molar-refractivity contribution in [3.05, 3.63) is 24.4 Å². The molecule has 1 aliphatic heterocycles. The summed E-state index contributed by atoms with van der Waals surface area (Å²) in [6.45, 7) is 8.95. The summed E-state index contributed by atoms with van der Waals surface area (Å²) in [5.41, 5.74) is 0. The van der Waals surface area contributed by atoms with Crippen molar-refractivity contribution in [2.75, 3.05) is 63.9 Å². The molecule has 1 amide bonds. The zero-order chi connectivity index (χ0) is 21.0. The smallest absolute Gasteiger partial charge is 0.224 e. The number of amides is 1. The fourth-order valence-electron chi connectivity index (χ4n) is 3.41. The number of rotatable bonds is 11. The van der Waals surface area contributed by atoms with Gasteiger partial charge in [0.1, 0.15) is 5.82 Å². The molecule has 3 rings (SSSR count). The molecule has 8 nitrogen and oxygen atoms in total. The van der Waals surface area contributed by atoms with E-state index in [9.17, 15) is 4.79 Å². The van der Waals surface area contributed by atoms with Gasteiger partial charge in [-0.1, -0.05) is 6.07 Å². The number of ether oxygens (including phenoxy) is 1. The lowest BCUT2D eigenvalue weighted by Gasteiger charge is -2.35. The normalized spacial score (nSPS) is 17.2. The standard InChI is InChI=1S/C22H36N6O2/c1-2-23-22(25-11-5-17-30-18-19-7-8-19)26-12-9-21(29)28-15-13-27(14-16-28)20-6-3-4-10-24-20/h3-4,6,10,19H,2,5,7-9,11-18H2,1H3,(H2,23,25,26). The number of piperazine rings is 1. The third kappa shape index (κ3) is 7.82. The molecule has 0 atom stereocenters. The van der Waals surface area contributed by atoms with Crippen LogP contribution in [0.5, 0.6) is 0 Å². The second kappa shape index (κ2) is 12.4. The largest absolute Gasteiger partial charge is 0.381 e. The van der Waals surface area contributed by atoms with Crippen LogP contribution in [0.1, 0.15) is 32.6 Å². The number of carbonyl (C=O) groups is 1. The van der Waals surface area contributed by atoms with Crippen molar-refractivity contribution in [2.24, 2.45) is 10.9 Å². The number of nitrogens with one attached hydrogen (secondary N) is 2. The summed E-state index contributed by atoms with van der Waals surface area (Å²) in [6.07, 6.45) is 5.85. The van der Waals surface area contributed by atoms with Crippen molar-refractivity contribution in [1.82, 2.24) is 20.5 Å². The molecular weight excluding hydrogens is 380 g/mol. The highest BCUT2D eigenvalue weighted by Gasteiger charge is 2.22. The van der Waals surface area contributed by atoms with Crippen molar-refractivity contribution in [3.8, 4) is 0 Å². The lowest BCUT2D eigenvalue weighted by Crippen LogP contribution is -2.49. The molecule has 1 aliphatic carbocycles. The fraction of sp³-hybridized carbons (Fsp3) is 0.682. The molecule has 1 saturated heterocycles. The number of pyridine rings is 1. The second-order valence-corrected chi connectivity index (χ2v) is 7.87. The van der Waals surface area contributed by atoms with Gasteiger partial charge in [-0.2, -0.15) is 0 Å². The first-order valence-corrected chi connectivity index (χ1v) is 11.3. The average molecular weight is 417 g/mol. The zero-order valence-corrected chi connectivity index (χ0v) is 18.2. The van der Waals surface area contributed by atoms with Gasteiger partial charge in [-0.25, -0.2) is 4.98 Å². The van der Waals surface area contributed by atoms with Crippen LogP contribution in [0.4, 0.5) is 5.82 Å². The summed E-state index contributed by atoms with van der Waals surface area (Å²) >= 11 is 0. The van der Waals surface area contributed by atoms with Crippen LogP contribution >= 0.6 is 0 Å². The van der Waals surface area contributed by atoms with Crippen molar-refractivity contribution < 1.29 is 9.53 Å². The van der Waals surface area contributed by atoms with Gasteiger partial charge in [-0.05, 0) is 44.2 Å². The number of nitrogens with zero attached hydrogens (tertiary/aromatic N) is 4. The second-order valence-electron chi connectivity index (χ2n) is 7.87. The maximum atomic E-state index is 12.5. The van der Waals surface area contributed by atoms with E-state index in [0.29, 0.717) is 13.0 Å². The van der Waals surface area contributed by atoms with E-state index in [0.717, 1.165) is 76.6 Å². The lowest BCUT2D eigenvalue weighted by atomic mass is 10.2. The molecule has 0 aromatic carbocycles. The Balaban J connectivity index is 1.30. The molecule has 0 radical (unpaired) electrons. The predicted molar refractivity (Wildman–Crippen MR) is 120 cm³/mol. The monoisotopic (exact) mass is 416 g/mol. The Kier molecular flexibility index (Phi) is 9.21. The van der Waals surface area contributed by atoms with Gasteiger partial charge in [-0.3, -0.25) is 9.79 Å². The summed E-state index contributed by atoms with van der Waals surface area (Å²) in [6, 6.07) is 5.93. The molecule has 0 bridgehead atoms. The number of aliphatic imine (C=N–C) groups is 1. The van der Waals surface area contributed by atoms with Crippen LogP contribution in [0, 0.1) is 5.92 Å². The lowest BCUT2D eigenvalue weighted by molar-refractivity contribution is -0.131. The minimum atomic E-state index is 0.187. The van der Waals surface area contributed by atoms with Crippen molar-refractivity contribution in [1.29, 1.82) is 0 Å². The highest BCUT2D eigenvalue weighted by molar-refractivity contribution is 5.81. The van der Waals surface area contributed by atoms with Crippen LogP contribution in [0.15, 0.2) is 29.4 Å². The molecule has 2 N–H and O–H groups in total. The molecule has 2 aliphatic rings. The van der Waals surface area contributed by atoms with E-state index in [1.807, 2.05) is 36.2 Å². The summed E-state index contributed by atoms with van der Waals surface area (Å²) in [4.78, 5) is 25.7. The Morgan fingerprint density at radius 1 is 1.23 bits per heavy atom. The van der Waals surface area contributed by atoms with Crippen LogP contribution < -0.4 is 15.5 Å². The first-order chi connectivity index (χ1) is 14.8. The predicted octanol–water partition coefficient (Wildman–Crippen LogP) is 1.49. The molecule has 2 fully saturated rings. The molecule has 8 heteroatoms. The van der Waals surface area contributed by atoms with Crippen LogP contribution in [0.3, 0.4) is 0 Å². The molecule has 1 saturated carbocycles. The van der Waals surface area contributed by atoms with Gasteiger partial charge in [0.15, 0.2) is 5.96 Å². The van der Waals surface area contributed by atoms with Crippen molar-refractivity contribution in [3.63, 3.8) is 0 Å². The number of anilines is 1. The topological polar surface area (TPSA) is 82.1 Å². The van der Waals surface area contributed by atoms with Crippen LogP contribution in [0.25, 0.3) is 0 Å². The molecule has 166 valence electrons. The molecule has 2 heterocycles. The van der Waals surface area contributed by atoms with Gasteiger partial charge in [0.2, 0.25) is 5.91 Å². The molecule has 1 aromatic heterocycles. The SMILES string of the molecule is CCNC(=NCCCOCC1CC1)NCCC(=O)N1CCN(c2ccccn2)CC1. The average Bonchev–Trinajstić information content (AvgIpc) is 3.61. The van der Waals surface area contributed by atoms with Gasteiger partial charge < -0.3 is 25.2 Å². The summed E-state index contributed by atoms with van der Waals surface area (Å²) in [7, 11) is 0. The Hall–Kier alpha value is -2.35. The third-order valence-corrected chi connectivity index (χ3v) is 5.35. The van der Waals surface area contributed by atoms with Crippen LogP contribution in [-0.2, 0) is 9.53 Å². The van der Waals surface area contributed by atoms with E-state index in [4.69, 9.17) is 4.74 Å². The quantitative estimate of drug-likeness (QED) is 0.323. The van der Waals surface area contributed by atoms with Gasteiger partial charge in [0.05, 0.1) is 0 Å². The van der Waals surface area contributed by atoms with Gasteiger partial charge in [0.25, 0.3) is 0 Å². The molecule has 0 unspecified atom stereocenters. The molecule has 30 heavy (non-hydrogen) atoms. The first-order valence-electron chi connectivity index (χ1n) is 11.3. The first kappa shape index (κ1) is 22.3. The number of hydrogen-bond donors (Lipinski definition) is 2. The fourth-order valence-corrected chi connectivity index (χ4v) is 3.41. The Morgan fingerprint density at radius 2 is 2.07 bits per heavy atom. The van der Waals surface area contributed by atoms with E-state index in [1.54, 1.807) is 0 Å². The molecular formula is C22H36N6O2. The number of hydrogen-bond acceptors (Lipinski definition) is 5. The number of aromatic nitrogens is 1. The molecule has 0 spiro atoms. The van der Waals surface area contributed by atoms with Gasteiger partial charge >= 0.3 is 0 Å². The Morgan fingerprint density at radius 3 is 2.77 bits per heavy atom. The minimum Gasteiger partial charge on any atom is -0.381 e. The minimum absolute atomic E-state index is 0.187. The number of guanidine groups is 1. The third-order valence-electron chi connectivity index (χ3n) is 5.35. The van der Waals surface area contributed by atoms with Gasteiger partial charge in [-0.15, -0.1) is 0 Å². The van der Waals surface area contributed by atoms with E-state index in [-0.39, 0.29) is 5.91 Å². The Labute approximate surface area is 180 Å². The highest BCUT2D eigenvalue weighted by Crippen LogP contribution is 2.28. The van der Waals surface area contributed by atoms with E-state index < -0.39 is 0 Å². The van der Waals surface area contributed by atoms with E-state index >= 15 is 0 Å². The molecule has 1 aromatic rings. The summed E-state index contributed by atoms with van der Waals surface area (Å²) < 4.78 is 5.65. The van der Waals surface area contributed by atoms with E-state index in [1.165, 1.54) is 12.8 Å². The summed E-state index contributed by atoms with van der Waals surface area (Å²) in [5.74, 6) is 2.75. The maximum absolute atomic E-state index is 12.5. The Bertz CT molecular complexity index is 657. The zero-order valence-electron chi connectivity index (χ0n) is 18.2. The van der Waals surface area contributed by atoms with Crippen LogP contribution in [0.2, 0.25) is 0 Å². The van der Waals surface area contributed by atoms with E-state index in [2.05, 4.69) is 25.5 Å². The highest BCUT2D eigenvalue weighted by atomic mass is 16.5. The number of carbonyl (C=O) groups excluding carboxylic acids is 1. The van der Waals surface area contributed by atoms with Crippen LogP contribution in [-0.4, -0.2) is 80.8 Å². The summed E-state index contributed by atoms with van der Waals surface area (Å²) in [5, 5.41) is 6.51.